The Morgan fingerprint density at radius 1 is 1.45 bits per heavy atom. The number of carbonyl (C=O) groups is 1. The number of carbonyl (C=O) groups excluding carboxylic acids is 1. The molecule has 7 nitrogen and oxygen atoms in total. The van der Waals surface area contributed by atoms with Crippen molar-refractivity contribution in [2.75, 3.05) is 25.5 Å². The van der Waals surface area contributed by atoms with Crippen LogP contribution in [-0.4, -0.2) is 52.8 Å². The van der Waals surface area contributed by atoms with Crippen molar-refractivity contribution in [3.63, 3.8) is 0 Å². The van der Waals surface area contributed by atoms with E-state index in [1.54, 1.807) is 24.2 Å². The second-order valence-corrected chi connectivity index (χ2v) is 5.59. The predicted molar refractivity (Wildman–Crippen MR) is 73.8 cm³/mol. The van der Waals surface area contributed by atoms with Gasteiger partial charge < -0.3 is 19.7 Å². The summed E-state index contributed by atoms with van der Waals surface area (Å²) >= 11 is 0. The Balaban J connectivity index is 1.80. The van der Waals surface area contributed by atoms with Gasteiger partial charge in [-0.25, -0.2) is 9.78 Å². The van der Waals surface area contributed by atoms with Crippen LogP contribution >= 0.6 is 0 Å². The summed E-state index contributed by atoms with van der Waals surface area (Å²) in [6.45, 7) is 6.55. The zero-order chi connectivity index (χ0) is 14.8. The first kappa shape index (κ1) is 14.4. The molecule has 1 aromatic heterocycles. The molecule has 1 aromatic rings. The van der Waals surface area contributed by atoms with Crippen molar-refractivity contribution >= 4 is 12.0 Å². The number of amides is 1. The summed E-state index contributed by atoms with van der Waals surface area (Å²) in [5.41, 5.74) is -0.475. The highest BCUT2D eigenvalue weighted by atomic mass is 16.6. The topological polar surface area (TPSA) is 76.6 Å². The number of aromatic nitrogens is 2. The van der Waals surface area contributed by atoms with Crippen LogP contribution in [-0.2, 0) is 4.74 Å². The molecule has 1 amide bonds. The Bertz CT molecular complexity index is 481. The lowest BCUT2D eigenvalue weighted by atomic mass is 10.2. The molecule has 110 valence electrons. The summed E-state index contributed by atoms with van der Waals surface area (Å²) in [6, 6.07) is 1.69. The summed E-state index contributed by atoms with van der Waals surface area (Å²) < 4.78 is 10.9. The summed E-state index contributed by atoms with van der Waals surface area (Å²) in [6.07, 6.45) is 1.26. The Kier molecular flexibility index (Phi) is 3.96. The standard InChI is InChI=1S/C13H20N4O3/c1-13(2,3)20-12(18)17-7-9(8-17)19-10-5-6-15-11(14-4)16-10/h5-6,9H,7-8H2,1-4H3,(H,14,15,16). The van der Waals surface area contributed by atoms with Gasteiger partial charge in [0, 0.05) is 19.3 Å². The average molecular weight is 280 g/mol. The molecule has 0 aromatic carbocycles. The fourth-order valence-electron chi connectivity index (χ4n) is 1.69. The molecule has 0 aliphatic carbocycles. The summed E-state index contributed by atoms with van der Waals surface area (Å²) in [5.74, 6) is 1.00. The molecule has 0 spiro atoms. The normalized spacial score (nSPS) is 15.5. The van der Waals surface area contributed by atoms with Crippen LogP contribution in [0.2, 0.25) is 0 Å². The number of rotatable bonds is 3. The van der Waals surface area contributed by atoms with E-state index >= 15 is 0 Å². The molecular weight excluding hydrogens is 260 g/mol. The van der Waals surface area contributed by atoms with E-state index in [1.807, 2.05) is 20.8 Å². The second-order valence-electron chi connectivity index (χ2n) is 5.59. The highest BCUT2D eigenvalue weighted by molar-refractivity contribution is 5.69. The first-order valence-electron chi connectivity index (χ1n) is 6.53. The second kappa shape index (κ2) is 5.52. The lowest BCUT2D eigenvalue weighted by Crippen LogP contribution is -2.57. The summed E-state index contributed by atoms with van der Waals surface area (Å²) in [4.78, 5) is 21.5. The lowest BCUT2D eigenvalue weighted by Gasteiger charge is -2.39. The minimum Gasteiger partial charge on any atom is -0.470 e. The van der Waals surface area contributed by atoms with Crippen molar-refractivity contribution in [2.45, 2.75) is 32.5 Å². The van der Waals surface area contributed by atoms with Crippen LogP contribution in [0.15, 0.2) is 12.3 Å². The van der Waals surface area contributed by atoms with Crippen LogP contribution in [0, 0.1) is 0 Å². The number of ether oxygens (including phenoxy) is 2. The quantitative estimate of drug-likeness (QED) is 0.904. The van der Waals surface area contributed by atoms with Gasteiger partial charge in [-0.1, -0.05) is 0 Å². The van der Waals surface area contributed by atoms with Crippen LogP contribution in [0.4, 0.5) is 10.7 Å². The molecule has 0 unspecified atom stereocenters. The lowest BCUT2D eigenvalue weighted by molar-refractivity contribution is -0.0232. The number of likely N-dealkylation sites (tertiary alicyclic amines) is 1. The van der Waals surface area contributed by atoms with Crippen molar-refractivity contribution in [2.24, 2.45) is 0 Å². The number of hydrogen-bond donors (Lipinski definition) is 1. The van der Waals surface area contributed by atoms with Gasteiger partial charge in [0.25, 0.3) is 0 Å². The molecule has 0 radical (unpaired) electrons. The van der Waals surface area contributed by atoms with Gasteiger partial charge in [0.05, 0.1) is 13.1 Å². The third-order valence-electron chi connectivity index (χ3n) is 2.64. The van der Waals surface area contributed by atoms with Crippen LogP contribution in [0.1, 0.15) is 20.8 Å². The van der Waals surface area contributed by atoms with E-state index in [0.717, 1.165) is 0 Å². The maximum Gasteiger partial charge on any atom is 0.410 e. The van der Waals surface area contributed by atoms with E-state index in [0.29, 0.717) is 24.9 Å². The molecule has 1 aliphatic rings. The maximum atomic E-state index is 11.8. The molecule has 1 saturated heterocycles. The Hall–Kier alpha value is -2.05. The van der Waals surface area contributed by atoms with E-state index in [9.17, 15) is 4.79 Å². The molecule has 7 heteroatoms. The first-order chi connectivity index (χ1) is 9.37. The van der Waals surface area contributed by atoms with Gasteiger partial charge in [0.15, 0.2) is 0 Å². The molecule has 20 heavy (non-hydrogen) atoms. The Morgan fingerprint density at radius 2 is 2.15 bits per heavy atom. The van der Waals surface area contributed by atoms with Gasteiger partial charge in [-0.05, 0) is 20.8 Å². The molecule has 1 fully saturated rings. The molecule has 0 saturated carbocycles. The minimum atomic E-state index is -0.475. The van der Waals surface area contributed by atoms with Crippen molar-refractivity contribution in [1.29, 1.82) is 0 Å². The number of hydrogen-bond acceptors (Lipinski definition) is 6. The third kappa shape index (κ3) is 3.72. The molecule has 2 heterocycles. The van der Waals surface area contributed by atoms with Gasteiger partial charge in [0.1, 0.15) is 11.7 Å². The smallest absolute Gasteiger partial charge is 0.410 e. The fourth-order valence-corrected chi connectivity index (χ4v) is 1.69. The molecule has 0 atom stereocenters. The predicted octanol–water partition coefficient (Wildman–Crippen LogP) is 1.52. The zero-order valence-electron chi connectivity index (χ0n) is 12.2. The first-order valence-corrected chi connectivity index (χ1v) is 6.53. The van der Waals surface area contributed by atoms with E-state index in [4.69, 9.17) is 9.47 Å². The number of nitrogens with one attached hydrogen (secondary N) is 1. The summed E-state index contributed by atoms with van der Waals surface area (Å²) in [7, 11) is 1.74. The van der Waals surface area contributed by atoms with E-state index in [1.165, 1.54) is 0 Å². The SMILES string of the molecule is CNc1nccc(OC2CN(C(=O)OC(C)(C)C)C2)n1. The highest BCUT2D eigenvalue weighted by Crippen LogP contribution is 2.19. The number of nitrogens with zero attached hydrogens (tertiary/aromatic N) is 3. The monoisotopic (exact) mass is 280 g/mol. The molecule has 2 rings (SSSR count). The van der Waals surface area contributed by atoms with E-state index in [-0.39, 0.29) is 12.2 Å². The van der Waals surface area contributed by atoms with Gasteiger partial charge in [0.2, 0.25) is 11.8 Å². The molecule has 1 aliphatic heterocycles. The Labute approximate surface area is 118 Å². The average Bonchev–Trinajstić information content (AvgIpc) is 2.31. The third-order valence-corrected chi connectivity index (χ3v) is 2.64. The summed E-state index contributed by atoms with van der Waals surface area (Å²) in [5, 5.41) is 2.84. The molecule has 0 bridgehead atoms. The van der Waals surface area contributed by atoms with Gasteiger partial charge in [-0.15, -0.1) is 0 Å². The Morgan fingerprint density at radius 3 is 2.75 bits per heavy atom. The number of anilines is 1. The van der Waals surface area contributed by atoms with Crippen molar-refractivity contribution in [1.82, 2.24) is 14.9 Å². The van der Waals surface area contributed by atoms with Gasteiger partial charge >= 0.3 is 6.09 Å². The van der Waals surface area contributed by atoms with Gasteiger partial charge in [-0.2, -0.15) is 4.98 Å². The van der Waals surface area contributed by atoms with Crippen LogP contribution < -0.4 is 10.1 Å². The largest absolute Gasteiger partial charge is 0.470 e. The van der Waals surface area contributed by atoms with Crippen molar-refractivity contribution in [3.05, 3.63) is 12.3 Å². The maximum absolute atomic E-state index is 11.8. The van der Waals surface area contributed by atoms with E-state index in [2.05, 4.69) is 15.3 Å². The molecular formula is C13H20N4O3. The van der Waals surface area contributed by atoms with Crippen LogP contribution in [0.3, 0.4) is 0 Å². The molecule has 1 N–H and O–H groups in total. The van der Waals surface area contributed by atoms with Crippen LogP contribution in [0.5, 0.6) is 5.88 Å². The highest BCUT2D eigenvalue weighted by Gasteiger charge is 2.35. The van der Waals surface area contributed by atoms with Crippen molar-refractivity contribution in [3.8, 4) is 5.88 Å². The fraction of sp³-hybridized carbons (Fsp3) is 0.615. The minimum absolute atomic E-state index is 0.0536. The zero-order valence-corrected chi connectivity index (χ0v) is 12.2. The van der Waals surface area contributed by atoms with E-state index < -0.39 is 5.60 Å². The van der Waals surface area contributed by atoms with Gasteiger partial charge in [-0.3, -0.25) is 0 Å². The van der Waals surface area contributed by atoms with Crippen molar-refractivity contribution < 1.29 is 14.3 Å². The van der Waals surface area contributed by atoms with Crippen LogP contribution in [0.25, 0.3) is 0 Å².